The molecule has 1 heterocycles. The van der Waals surface area contributed by atoms with Crippen molar-refractivity contribution in [3.63, 3.8) is 0 Å². The lowest BCUT2D eigenvalue weighted by molar-refractivity contribution is -0.387. The van der Waals surface area contributed by atoms with Gasteiger partial charge in [0, 0.05) is 0 Å². The molecular formula is C11H14N4O6. The van der Waals surface area contributed by atoms with Crippen molar-refractivity contribution in [1.29, 1.82) is 5.26 Å². The highest BCUT2D eigenvalue weighted by atomic mass is 16.6. The molecule has 0 bridgehead atoms. The molecule has 0 fully saturated rings. The summed E-state index contributed by atoms with van der Waals surface area (Å²) in [7, 11) is 2.44. The number of aliphatic hydroxyl groups excluding tert-OH is 2. The number of hydrogen-bond donors (Lipinski definition) is 2. The van der Waals surface area contributed by atoms with E-state index in [1.807, 2.05) is 0 Å². The van der Waals surface area contributed by atoms with Crippen molar-refractivity contribution in [1.82, 2.24) is 9.97 Å². The summed E-state index contributed by atoms with van der Waals surface area (Å²) in [5, 5.41) is 38.6. The molecule has 1 rings (SSSR count). The minimum Gasteiger partial charge on any atom is -0.476 e. The maximum Gasteiger partial charge on any atom is 0.353 e. The molecule has 0 aromatic carbocycles. The van der Waals surface area contributed by atoms with Gasteiger partial charge in [-0.25, -0.2) is 0 Å². The minimum atomic E-state index is -1.21. The molecule has 0 spiro atoms. The average molecular weight is 298 g/mol. The molecule has 0 aliphatic rings. The zero-order valence-corrected chi connectivity index (χ0v) is 11.4. The van der Waals surface area contributed by atoms with Gasteiger partial charge in [-0.2, -0.15) is 15.2 Å². The first-order valence-corrected chi connectivity index (χ1v) is 5.81. The molecule has 0 amide bonds. The molecule has 1 aromatic rings. The molecule has 0 aliphatic carbocycles. The monoisotopic (exact) mass is 298 g/mol. The van der Waals surface area contributed by atoms with E-state index in [0.29, 0.717) is 0 Å². The van der Waals surface area contributed by atoms with Gasteiger partial charge in [0.1, 0.15) is 5.69 Å². The van der Waals surface area contributed by atoms with Gasteiger partial charge in [0.15, 0.2) is 0 Å². The van der Waals surface area contributed by atoms with E-state index in [4.69, 9.17) is 19.8 Å². The Labute approximate surface area is 119 Å². The van der Waals surface area contributed by atoms with E-state index in [0.717, 1.165) is 0 Å². The quantitative estimate of drug-likeness (QED) is 0.512. The van der Waals surface area contributed by atoms with Crippen molar-refractivity contribution in [2.45, 2.75) is 18.4 Å². The predicted octanol–water partition coefficient (Wildman–Crippen LogP) is -0.248. The Bertz CT molecular complexity index is 558. The van der Waals surface area contributed by atoms with Crippen molar-refractivity contribution >= 4 is 5.69 Å². The van der Waals surface area contributed by atoms with Gasteiger partial charge in [-0.05, 0) is 6.42 Å². The Morgan fingerprint density at radius 3 is 2.52 bits per heavy atom. The fraction of sp³-hybridized carbons (Fsp3) is 0.545. The number of ether oxygens (including phenoxy) is 2. The van der Waals surface area contributed by atoms with E-state index in [1.165, 1.54) is 14.2 Å². The SMILES string of the molecule is COc1nc(OC)c([N+](=O)[O-])c([C@H](C#N)C[C@@H](O)CO)n1. The third-order valence-electron chi connectivity index (χ3n) is 2.62. The van der Waals surface area contributed by atoms with E-state index in [9.17, 15) is 15.2 Å². The number of hydrogen-bond acceptors (Lipinski definition) is 9. The summed E-state index contributed by atoms with van der Waals surface area (Å²) in [6, 6.07) is 1.60. The number of aromatic nitrogens is 2. The molecule has 21 heavy (non-hydrogen) atoms. The first kappa shape index (κ1) is 16.5. The van der Waals surface area contributed by atoms with E-state index < -0.39 is 29.2 Å². The minimum absolute atomic E-state index is 0.203. The van der Waals surface area contributed by atoms with Crippen molar-refractivity contribution in [2.24, 2.45) is 0 Å². The van der Waals surface area contributed by atoms with Crippen molar-refractivity contribution < 1.29 is 24.6 Å². The molecule has 10 heteroatoms. The standard InChI is InChI=1S/C11H14N4O6/c1-20-10-9(15(18)19)8(13-11(14-10)21-2)6(4-12)3-7(17)5-16/h6-7,16-17H,3,5H2,1-2H3/t6-,7+/m0/s1. The molecule has 10 nitrogen and oxygen atoms in total. The molecule has 0 saturated heterocycles. The summed E-state index contributed by atoms with van der Waals surface area (Å²) in [6.45, 7) is -0.578. The van der Waals surface area contributed by atoms with Crippen molar-refractivity contribution in [3.05, 3.63) is 15.8 Å². The van der Waals surface area contributed by atoms with Crippen LogP contribution in [0.4, 0.5) is 5.69 Å². The zero-order chi connectivity index (χ0) is 16.0. The molecule has 0 radical (unpaired) electrons. The van der Waals surface area contributed by atoms with Crippen LogP contribution in [0, 0.1) is 21.4 Å². The maximum atomic E-state index is 11.2. The van der Waals surface area contributed by atoms with E-state index in [2.05, 4.69) is 9.97 Å². The van der Waals surface area contributed by atoms with Crippen LogP contribution in [0.1, 0.15) is 18.0 Å². The highest BCUT2D eigenvalue weighted by Crippen LogP contribution is 2.35. The second-order valence-corrected chi connectivity index (χ2v) is 3.96. The highest BCUT2D eigenvalue weighted by Gasteiger charge is 2.32. The zero-order valence-electron chi connectivity index (χ0n) is 11.4. The van der Waals surface area contributed by atoms with Crippen LogP contribution in [0.25, 0.3) is 0 Å². The van der Waals surface area contributed by atoms with Crippen LogP contribution in [0.5, 0.6) is 11.9 Å². The first-order valence-electron chi connectivity index (χ1n) is 5.81. The number of rotatable bonds is 7. The van der Waals surface area contributed by atoms with Gasteiger partial charge in [-0.3, -0.25) is 10.1 Å². The number of methoxy groups -OCH3 is 2. The molecule has 114 valence electrons. The lowest BCUT2D eigenvalue weighted by Crippen LogP contribution is -2.18. The highest BCUT2D eigenvalue weighted by molar-refractivity contribution is 5.49. The molecule has 2 atom stereocenters. The van der Waals surface area contributed by atoms with Crippen LogP contribution in [0.3, 0.4) is 0 Å². The van der Waals surface area contributed by atoms with Gasteiger partial charge < -0.3 is 19.7 Å². The first-order chi connectivity index (χ1) is 9.98. The third-order valence-corrected chi connectivity index (χ3v) is 2.62. The summed E-state index contributed by atoms with van der Waals surface area (Å²) in [5.41, 5.74) is -0.811. The van der Waals surface area contributed by atoms with E-state index in [-0.39, 0.29) is 24.0 Å². The lowest BCUT2D eigenvalue weighted by atomic mass is 9.98. The lowest BCUT2D eigenvalue weighted by Gasteiger charge is -2.14. The fourth-order valence-corrected chi connectivity index (χ4v) is 1.65. The van der Waals surface area contributed by atoms with E-state index in [1.54, 1.807) is 6.07 Å². The average Bonchev–Trinajstić information content (AvgIpc) is 2.50. The van der Waals surface area contributed by atoms with Gasteiger partial charge >= 0.3 is 17.6 Å². The van der Waals surface area contributed by atoms with Gasteiger partial charge in [0.05, 0.1) is 43.8 Å². The van der Waals surface area contributed by atoms with Gasteiger partial charge in [0.25, 0.3) is 0 Å². The Kier molecular flexibility index (Phi) is 5.77. The number of nitriles is 1. The predicted molar refractivity (Wildman–Crippen MR) is 67.9 cm³/mol. The Morgan fingerprint density at radius 2 is 2.10 bits per heavy atom. The second-order valence-electron chi connectivity index (χ2n) is 3.96. The van der Waals surface area contributed by atoms with Crippen LogP contribution in [-0.2, 0) is 0 Å². The number of nitrogens with zero attached hydrogens (tertiary/aromatic N) is 4. The topological polar surface area (TPSA) is 152 Å². The summed E-state index contributed by atoms with van der Waals surface area (Å²) in [4.78, 5) is 17.9. The Morgan fingerprint density at radius 1 is 1.43 bits per heavy atom. The summed E-state index contributed by atoms with van der Waals surface area (Å²) < 4.78 is 9.63. The third kappa shape index (κ3) is 3.74. The van der Waals surface area contributed by atoms with Crippen LogP contribution >= 0.6 is 0 Å². The Balaban J connectivity index is 3.42. The van der Waals surface area contributed by atoms with Crippen LogP contribution in [0.2, 0.25) is 0 Å². The normalized spacial score (nSPS) is 13.1. The summed E-state index contributed by atoms with van der Waals surface area (Å²) >= 11 is 0. The second kappa shape index (κ2) is 7.32. The van der Waals surface area contributed by atoms with Crippen molar-refractivity contribution in [3.8, 4) is 18.0 Å². The van der Waals surface area contributed by atoms with Crippen LogP contribution in [-0.4, -0.2) is 52.0 Å². The smallest absolute Gasteiger partial charge is 0.353 e. The van der Waals surface area contributed by atoms with Crippen molar-refractivity contribution in [2.75, 3.05) is 20.8 Å². The fourth-order valence-electron chi connectivity index (χ4n) is 1.65. The number of aliphatic hydroxyl groups is 2. The molecule has 1 aromatic heterocycles. The summed E-state index contributed by atoms with van der Waals surface area (Å²) in [6.07, 6.45) is -1.43. The molecule has 0 aliphatic heterocycles. The molecule has 0 unspecified atom stereocenters. The van der Waals surface area contributed by atoms with Gasteiger partial charge in [0.2, 0.25) is 0 Å². The molecule has 0 saturated carbocycles. The molecular weight excluding hydrogens is 284 g/mol. The van der Waals surface area contributed by atoms with Gasteiger partial charge in [-0.1, -0.05) is 0 Å². The molecule has 2 N–H and O–H groups in total. The van der Waals surface area contributed by atoms with E-state index >= 15 is 0 Å². The van der Waals surface area contributed by atoms with Crippen LogP contribution in [0.15, 0.2) is 0 Å². The maximum absolute atomic E-state index is 11.2. The summed E-state index contributed by atoms with van der Waals surface area (Å²) in [5.74, 6) is -1.47. The van der Waals surface area contributed by atoms with Gasteiger partial charge in [-0.15, -0.1) is 0 Å². The largest absolute Gasteiger partial charge is 0.476 e. The number of nitro groups is 1. The van der Waals surface area contributed by atoms with Crippen LogP contribution < -0.4 is 9.47 Å². The Hall–Kier alpha value is -2.51.